The fourth-order valence-corrected chi connectivity index (χ4v) is 1.58. The third-order valence-corrected chi connectivity index (χ3v) is 2.25. The number of nitrogens with zero attached hydrogens (tertiary/aromatic N) is 2. The van der Waals surface area contributed by atoms with Crippen molar-refractivity contribution in [2.45, 2.75) is 6.18 Å². The lowest BCUT2D eigenvalue weighted by molar-refractivity contribution is -0.149. The summed E-state index contributed by atoms with van der Waals surface area (Å²) in [6.07, 6.45) is -4.15. The van der Waals surface area contributed by atoms with Crippen LogP contribution in [0.5, 0.6) is 0 Å². The van der Waals surface area contributed by atoms with Gasteiger partial charge < -0.3 is 5.73 Å². The van der Waals surface area contributed by atoms with Crippen LogP contribution in [-0.2, 0) is 4.79 Å². The molecule has 7 heteroatoms. The molecule has 0 aliphatic carbocycles. The highest BCUT2D eigenvalue weighted by atomic mass is 19.4. The minimum absolute atomic E-state index is 0.125. The van der Waals surface area contributed by atoms with Crippen molar-refractivity contribution in [2.24, 2.45) is 5.73 Å². The number of piperazine rings is 1. The molecule has 0 saturated carbocycles. The summed E-state index contributed by atoms with van der Waals surface area (Å²) in [7, 11) is 0. The minimum atomic E-state index is -4.15. The van der Waals surface area contributed by atoms with Gasteiger partial charge in [0.05, 0.1) is 13.1 Å². The average molecular weight is 225 g/mol. The lowest BCUT2D eigenvalue weighted by atomic mass is 10.3. The monoisotopic (exact) mass is 225 g/mol. The van der Waals surface area contributed by atoms with E-state index in [4.69, 9.17) is 5.73 Å². The van der Waals surface area contributed by atoms with Crippen molar-refractivity contribution >= 4 is 5.91 Å². The van der Waals surface area contributed by atoms with Crippen LogP contribution in [0.2, 0.25) is 0 Å². The maximum Gasteiger partial charge on any atom is 0.401 e. The Morgan fingerprint density at radius 1 is 1.13 bits per heavy atom. The minimum Gasteiger partial charge on any atom is -0.369 e. The average Bonchev–Trinajstić information content (AvgIpc) is 2.05. The lowest BCUT2D eigenvalue weighted by Crippen LogP contribution is -2.50. The van der Waals surface area contributed by atoms with E-state index in [9.17, 15) is 18.0 Å². The number of halogens is 3. The van der Waals surface area contributed by atoms with Gasteiger partial charge in [-0.1, -0.05) is 0 Å². The van der Waals surface area contributed by atoms with Gasteiger partial charge in [0, 0.05) is 26.2 Å². The second-order valence-corrected chi connectivity index (χ2v) is 3.63. The number of carbonyl (C=O) groups is 1. The van der Waals surface area contributed by atoms with Crippen LogP contribution in [0.15, 0.2) is 0 Å². The first-order valence-electron chi connectivity index (χ1n) is 4.66. The molecule has 1 amide bonds. The Labute approximate surface area is 85.8 Å². The van der Waals surface area contributed by atoms with Crippen LogP contribution in [0.1, 0.15) is 0 Å². The van der Waals surface area contributed by atoms with Crippen LogP contribution >= 0.6 is 0 Å². The zero-order valence-corrected chi connectivity index (χ0v) is 8.26. The first-order valence-corrected chi connectivity index (χ1v) is 4.66. The molecule has 1 fully saturated rings. The van der Waals surface area contributed by atoms with Crippen LogP contribution < -0.4 is 5.73 Å². The molecule has 0 unspecified atom stereocenters. The molecular formula is C8H14F3N3O. The van der Waals surface area contributed by atoms with Crippen LogP contribution in [0.4, 0.5) is 13.2 Å². The third kappa shape index (κ3) is 4.98. The van der Waals surface area contributed by atoms with Crippen molar-refractivity contribution in [2.75, 3.05) is 39.3 Å². The number of hydrogen-bond donors (Lipinski definition) is 1. The van der Waals surface area contributed by atoms with Crippen LogP contribution in [0.25, 0.3) is 0 Å². The molecule has 0 atom stereocenters. The fraction of sp³-hybridized carbons (Fsp3) is 0.875. The van der Waals surface area contributed by atoms with Crippen molar-refractivity contribution in [1.82, 2.24) is 9.80 Å². The Balaban J connectivity index is 2.27. The van der Waals surface area contributed by atoms with Crippen molar-refractivity contribution in [3.8, 4) is 0 Å². The summed E-state index contributed by atoms with van der Waals surface area (Å²) in [5.41, 5.74) is 4.99. The van der Waals surface area contributed by atoms with Crippen molar-refractivity contribution in [3.63, 3.8) is 0 Å². The first kappa shape index (κ1) is 12.3. The number of primary amides is 1. The molecule has 1 rings (SSSR count). The number of nitrogens with two attached hydrogens (primary N) is 1. The quantitative estimate of drug-likeness (QED) is 0.714. The molecule has 0 aromatic heterocycles. The maximum absolute atomic E-state index is 12.0. The Morgan fingerprint density at radius 3 is 2.00 bits per heavy atom. The van der Waals surface area contributed by atoms with Gasteiger partial charge in [0.25, 0.3) is 0 Å². The number of hydrogen-bond acceptors (Lipinski definition) is 3. The molecule has 1 aliphatic rings. The van der Waals surface area contributed by atoms with Gasteiger partial charge in [-0.25, -0.2) is 0 Å². The molecule has 1 saturated heterocycles. The SMILES string of the molecule is NC(=O)CN1CCN(CC(F)(F)F)CC1. The van der Waals surface area contributed by atoms with E-state index >= 15 is 0 Å². The topological polar surface area (TPSA) is 49.6 Å². The highest BCUT2D eigenvalue weighted by Gasteiger charge is 2.32. The van der Waals surface area contributed by atoms with Crippen molar-refractivity contribution < 1.29 is 18.0 Å². The zero-order valence-electron chi connectivity index (χ0n) is 8.26. The summed E-state index contributed by atoms with van der Waals surface area (Å²) in [5, 5.41) is 0. The molecule has 0 bridgehead atoms. The molecule has 88 valence electrons. The van der Waals surface area contributed by atoms with Gasteiger partial charge in [0.1, 0.15) is 0 Å². The van der Waals surface area contributed by atoms with Gasteiger partial charge in [-0.3, -0.25) is 14.6 Å². The van der Waals surface area contributed by atoms with Crippen LogP contribution in [0.3, 0.4) is 0 Å². The maximum atomic E-state index is 12.0. The molecule has 2 N–H and O–H groups in total. The molecule has 0 radical (unpaired) electrons. The summed E-state index contributed by atoms with van der Waals surface area (Å²) in [6.45, 7) is 0.814. The summed E-state index contributed by atoms with van der Waals surface area (Å²) in [5.74, 6) is -0.445. The standard InChI is InChI=1S/C8H14F3N3O/c9-8(10,11)6-14-3-1-13(2-4-14)5-7(12)15/h1-6H2,(H2,12,15). The normalized spacial score (nSPS) is 20.5. The fourth-order valence-electron chi connectivity index (χ4n) is 1.58. The van der Waals surface area contributed by atoms with E-state index in [1.807, 2.05) is 0 Å². The third-order valence-electron chi connectivity index (χ3n) is 2.25. The van der Waals surface area contributed by atoms with Gasteiger partial charge in [-0.15, -0.1) is 0 Å². The van der Waals surface area contributed by atoms with Crippen molar-refractivity contribution in [3.05, 3.63) is 0 Å². The summed E-state index contributed by atoms with van der Waals surface area (Å²) < 4.78 is 36.1. The lowest BCUT2D eigenvalue weighted by Gasteiger charge is -2.34. The predicted octanol–water partition coefficient (Wildman–Crippen LogP) is -0.348. The van der Waals surface area contributed by atoms with E-state index in [1.54, 1.807) is 4.90 Å². The second-order valence-electron chi connectivity index (χ2n) is 3.63. The van der Waals surface area contributed by atoms with Gasteiger partial charge in [-0.2, -0.15) is 13.2 Å². The number of rotatable bonds is 3. The molecule has 15 heavy (non-hydrogen) atoms. The molecule has 0 aromatic carbocycles. The Bertz CT molecular complexity index is 224. The second kappa shape index (κ2) is 4.80. The summed E-state index contributed by atoms with van der Waals surface area (Å²) in [4.78, 5) is 13.7. The zero-order chi connectivity index (χ0) is 11.5. The Hall–Kier alpha value is -0.820. The van der Waals surface area contributed by atoms with E-state index in [0.717, 1.165) is 0 Å². The van der Waals surface area contributed by atoms with Gasteiger partial charge in [0.2, 0.25) is 5.91 Å². The van der Waals surface area contributed by atoms with Crippen LogP contribution in [0, 0.1) is 0 Å². The Morgan fingerprint density at radius 2 is 1.60 bits per heavy atom. The van der Waals surface area contributed by atoms with E-state index in [0.29, 0.717) is 26.2 Å². The first-order chi connectivity index (χ1) is 6.87. The number of alkyl halides is 3. The number of amides is 1. The van der Waals surface area contributed by atoms with E-state index in [1.165, 1.54) is 4.90 Å². The Kier molecular flexibility index (Phi) is 3.92. The number of carbonyl (C=O) groups excluding carboxylic acids is 1. The van der Waals surface area contributed by atoms with Gasteiger partial charge in [0.15, 0.2) is 0 Å². The molecule has 4 nitrogen and oxygen atoms in total. The van der Waals surface area contributed by atoms with Crippen LogP contribution in [-0.4, -0.2) is 61.2 Å². The summed E-state index contributed by atoms with van der Waals surface area (Å²) in [6, 6.07) is 0. The predicted molar refractivity (Wildman–Crippen MR) is 48.1 cm³/mol. The van der Waals surface area contributed by atoms with Gasteiger partial charge in [-0.05, 0) is 0 Å². The highest BCUT2D eigenvalue weighted by molar-refractivity contribution is 5.75. The summed E-state index contributed by atoms with van der Waals surface area (Å²) >= 11 is 0. The molecular weight excluding hydrogens is 211 g/mol. The largest absolute Gasteiger partial charge is 0.401 e. The molecule has 0 aromatic rings. The highest BCUT2D eigenvalue weighted by Crippen LogP contribution is 2.17. The van der Waals surface area contributed by atoms with Crippen molar-refractivity contribution in [1.29, 1.82) is 0 Å². The van der Waals surface area contributed by atoms with E-state index in [2.05, 4.69) is 0 Å². The van der Waals surface area contributed by atoms with E-state index < -0.39 is 18.6 Å². The molecule has 1 aliphatic heterocycles. The molecule has 1 heterocycles. The van der Waals surface area contributed by atoms with E-state index in [-0.39, 0.29) is 6.54 Å². The molecule has 0 spiro atoms. The van der Waals surface area contributed by atoms with Gasteiger partial charge >= 0.3 is 6.18 Å². The smallest absolute Gasteiger partial charge is 0.369 e.